The van der Waals surface area contributed by atoms with Gasteiger partial charge in [-0.25, -0.2) is 0 Å². The van der Waals surface area contributed by atoms with Crippen LogP contribution in [0.15, 0.2) is 30.3 Å². The van der Waals surface area contributed by atoms with Crippen LogP contribution < -0.4 is 23.7 Å². The van der Waals surface area contributed by atoms with Crippen molar-refractivity contribution < 1.29 is 28.5 Å². The van der Waals surface area contributed by atoms with Gasteiger partial charge in [-0.05, 0) is 18.2 Å². The quantitative estimate of drug-likeness (QED) is 0.593. The van der Waals surface area contributed by atoms with E-state index in [1.807, 2.05) is 18.2 Å². The maximum Gasteiger partial charge on any atom is 0.308 e. The van der Waals surface area contributed by atoms with Crippen molar-refractivity contribution in [3.63, 3.8) is 0 Å². The lowest BCUT2D eigenvalue weighted by molar-refractivity contribution is -0.131. The van der Waals surface area contributed by atoms with Gasteiger partial charge in [0, 0.05) is 30.2 Å². The third-order valence-electron chi connectivity index (χ3n) is 4.50. The second-order valence-electron chi connectivity index (χ2n) is 5.99. The Kier molecular flexibility index (Phi) is 2.71. The molecule has 2 aromatic carbocycles. The smallest absolute Gasteiger partial charge is 0.308 e. The molecule has 3 aliphatic heterocycles. The summed E-state index contributed by atoms with van der Waals surface area (Å²) in [6, 6.07) is 9.22. The molecule has 0 fully saturated rings. The Hall–Kier alpha value is -2.89. The average Bonchev–Trinajstić information content (AvgIpc) is 3.15. The van der Waals surface area contributed by atoms with Crippen LogP contribution in [0.25, 0.3) is 0 Å². The van der Waals surface area contributed by atoms with Gasteiger partial charge in [0.2, 0.25) is 6.79 Å². The minimum atomic E-state index is -0.359. The number of ether oxygens (including phenoxy) is 5. The number of fused-ring (bicyclic) bond motifs is 6. The van der Waals surface area contributed by atoms with Crippen molar-refractivity contribution in [1.29, 1.82) is 0 Å². The molecule has 5 rings (SSSR count). The van der Waals surface area contributed by atoms with Crippen LogP contribution in [0, 0.1) is 0 Å². The third kappa shape index (κ3) is 1.92. The zero-order valence-corrected chi connectivity index (χ0v) is 12.9. The zero-order chi connectivity index (χ0) is 16.3. The lowest BCUT2D eigenvalue weighted by atomic mass is 9.89. The normalized spacial score (nSPS) is 21.9. The van der Waals surface area contributed by atoms with Gasteiger partial charge in [-0.2, -0.15) is 0 Å². The second kappa shape index (κ2) is 4.80. The molecule has 0 amide bonds. The highest BCUT2D eigenvalue weighted by atomic mass is 16.7. The van der Waals surface area contributed by atoms with Crippen LogP contribution >= 0.6 is 0 Å². The summed E-state index contributed by atoms with van der Waals surface area (Å²) in [6.45, 7) is 2.11. The molecule has 0 saturated heterocycles. The van der Waals surface area contributed by atoms with E-state index >= 15 is 0 Å². The topological polar surface area (TPSA) is 63.2 Å². The summed E-state index contributed by atoms with van der Waals surface area (Å²) in [6.07, 6.45) is -0.127. The van der Waals surface area contributed by atoms with Crippen LogP contribution in [-0.2, 0) is 4.79 Å². The van der Waals surface area contributed by atoms with Crippen molar-refractivity contribution in [1.82, 2.24) is 0 Å². The van der Waals surface area contributed by atoms with E-state index in [4.69, 9.17) is 23.7 Å². The Labute approximate surface area is 137 Å². The molecule has 2 unspecified atom stereocenters. The zero-order valence-electron chi connectivity index (χ0n) is 12.9. The van der Waals surface area contributed by atoms with E-state index in [1.54, 1.807) is 12.1 Å². The van der Waals surface area contributed by atoms with Gasteiger partial charge >= 0.3 is 5.97 Å². The summed E-state index contributed by atoms with van der Waals surface area (Å²) >= 11 is 0. The maximum absolute atomic E-state index is 11.1. The van der Waals surface area contributed by atoms with E-state index in [9.17, 15) is 4.79 Å². The van der Waals surface area contributed by atoms with Crippen LogP contribution in [0.2, 0.25) is 0 Å². The largest absolute Gasteiger partial charge is 0.492 e. The molecule has 0 aliphatic carbocycles. The van der Waals surface area contributed by atoms with Crippen LogP contribution in [0.4, 0.5) is 0 Å². The van der Waals surface area contributed by atoms with Gasteiger partial charge < -0.3 is 23.7 Å². The van der Waals surface area contributed by atoms with Crippen LogP contribution in [-0.4, -0.2) is 19.4 Å². The molecule has 2 atom stereocenters. The SMILES string of the molecule is CC(=O)Oc1ccc2c(c1)OCC1c3cc4c(cc3OC21)OCO4. The molecule has 0 radical (unpaired) electrons. The van der Waals surface area contributed by atoms with Gasteiger partial charge in [0.25, 0.3) is 0 Å². The number of carbonyl (C=O) groups is 1. The fourth-order valence-corrected chi connectivity index (χ4v) is 3.45. The molecule has 3 aliphatic rings. The predicted molar refractivity (Wildman–Crippen MR) is 81.9 cm³/mol. The van der Waals surface area contributed by atoms with Crippen molar-refractivity contribution in [2.45, 2.75) is 18.9 Å². The minimum absolute atomic E-state index is 0.0987. The van der Waals surface area contributed by atoms with Crippen LogP contribution in [0.1, 0.15) is 30.1 Å². The number of esters is 1. The fourth-order valence-electron chi connectivity index (χ4n) is 3.45. The molecule has 2 aromatic rings. The molecule has 0 N–H and O–H groups in total. The first kappa shape index (κ1) is 13.5. The molecule has 122 valence electrons. The van der Waals surface area contributed by atoms with Gasteiger partial charge in [-0.1, -0.05) is 0 Å². The van der Waals surface area contributed by atoms with Gasteiger partial charge in [-0.3, -0.25) is 4.79 Å². The van der Waals surface area contributed by atoms with E-state index in [2.05, 4.69) is 0 Å². The maximum atomic E-state index is 11.1. The average molecular weight is 326 g/mol. The number of hydrogen-bond donors (Lipinski definition) is 0. The van der Waals surface area contributed by atoms with Crippen molar-refractivity contribution in [2.24, 2.45) is 0 Å². The molecular weight excluding hydrogens is 312 g/mol. The van der Waals surface area contributed by atoms with Crippen LogP contribution in [0.3, 0.4) is 0 Å². The first-order valence-electron chi connectivity index (χ1n) is 7.74. The molecule has 0 bridgehead atoms. The number of benzene rings is 2. The molecule has 0 aromatic heterocycles. The first-order valence-corrected chi connectivity index (χ1v) is 7.74. The third-order valence-corrected chi connectivity index (χ3v) is 4.50. The van der Waals surface area contributed by atoms with Gasteiger partial charge in [0.05, 0.1) is 12.5 Å². The lowest BCUT2D eigenvalue weighted by Crippen LogP contribution is -2.23. The highest BCUT2D eigenvalue weighted by Crippen LogP contribution is 2.54. The van der Waals surface area contributed by atoms with E-state index in [-0.39, 0.29) is 24.8 Å². The molecule has 6 heteroatoms. The lowest BCUT2D eigenvalue weighted by Gasteiger charge is -2.28. The first-order chi connectivity index (χ1) is 11.7. The molecular formula is C18H14O6. The summed E-state index contributed by atoms with van der Waals surface area (Å²) in [5, 5.41) is 0. The Morgan fingerprint density at radius 1 is 1.00 bits per heavy atom. The molecule has 24 heavy (non-hydrogen) atoms. The van der Waals surface area contributed by atoms with Crippen molar-refractivity contribution in [2.75, 3.05) is 13.4 Å². The van der Waals surface area contributed by atoms with E-state index in [1.165, 1.54) is 6.92 Å². The number of rotatable bonds is 1. The molecule has 0 spiro atoms. The Bertz CT molecular complexity index is 859. The monoisotopic (exact) mass is 326 g/mol. The molecule has 3 heterocycles. The Morgan fingerprint density at radius 2 is 1.83 bits per heavy atom. The highest BCUT2D eigenvalue weighted by molar-refractivity contribution is 5.69. The number of carbonyl (C=O) groups excluding carboxylic acids is 1. The van der Waals surface area contributed by atoms with E-state index in [0.29, 0.717) is 23.9 Å². The van der Waals surface area contributed by atoms with Crippen molar-refractivity contribution in [3.8, 4) is 28.7 Å². The fraction of sp³-hybridized carbons (Fsp3) is 0.278. The van der Waals surface area contributed by atoms with Gasteiger partial charge in [-0.15, -0.1) is 0 Å². The van der Waals surface area contributed by atoms with Crippen LogP contribution in [0.5, 0.6) is 28.7 Å². The summed E-state index contributed by atoms with van der Waals surface area (Å²) in [4.78, 5) is 11.1. The Morgan fingerprint density at radius 3 is 2.67 bits per heavy atom. The summed E-state index contributed by atoms with van der Waals surface area (Å²) < 4.78 is 28.0. The second-order valence-corrected chi connectivity index (χ2v) is 5.99. The minimum Gasteiger partial charge on any atom is -0.492 e. The summed E-state index contributed by atoms with van der Waals surface area (Å²) in [5.74, 6) is 3.14. The predicted octanol–water partition coefficient (Wildman–Crippen LogP) is 2.95. The highest BCUT2D eigenvalue weighted by Gasteiger charge is 2.42. The standard InChI is InChI=1S/C18H14O6/c1-9(19)23-10-2-3-11-14(4-10)20-7-13-12-5-16-17(22-8-21-16)6-15(12)24-18(11)13/h2-6,13,18H,7-8H2,1H3. The Balaban J connectivity index is 1.51. The van der Waals surface area contributed by atoms with Crippen molar-refractivity contribution in [3.05, 3.63) is 41.5 Å². The van der Waals surface area contributed by atoms with Gasteiger partial charge in [0.1, 0.15) is 23.4 Å². The summed E-state index contributed by atoms with van der Waals surface area (Å²) in [7, 11) is 0. The number of hydrogen-bond acceptors (Lipinski definition) is 6. The summed E-state index contributed by atoms with van der Waals surface area (Å²) in [5.41, 5.74) is 2.01. The van der Waals surface area contributed by atoms with Gasteiger partial charge in [0.15, 0.2) is 11.5 Å². The van der Waals surface area contributed by atoms with E-state index < -0.39 is 0 Å². The molecule has 6 nitrogen and oxygen atoms in total. The molecule has 0 saturated carbocycles. The van der Waals surface area contributed by atoms with Crippen molar-refractivity contribution >= 4 is 5.97 Å². The van der Waals surface area contributed by atoms with E-state index in [0.717, 1.165) is 22.6 Å².